The molecule has 4 aromatic rings. The van der Waals surface area contributed by atoms with Gasteiger partial charge in [0.05, 0.1) is 23.7 Å². The molecule has 0 bridgehead atoms. The van der Waals surface area contributed by atoms with Gasteiger partial charge in [-0.25, -0.2) is 0 Å². The molecule has 1 aromatic heterocycles. The number of nitrogens with one attached hydrogen (secondary N) is 1. The number of morpholine rings is 1. The summed E-state index contributed by atoms with van der Waals surface area (Å²) in [6.07, 6.45) is 0.461. The molecule has 8 nitrogen and oxygen atoms in total. The molecule has 1 amide bonds. The van der Waals surface area contributed by atoms with E-state index in [2.05, 4.69) is 33.6 Å². The summed E-state index contributed by atoms with van der Waals surface area (Å²) in [4.78, 5) is 16.2. The molecule has 0 radical (unpaired) electrons. The lowest BCUT2D eigenvalue weighted by Crippen LogP contribution is -2.53. The lowest BCUT2D eigenvalue weighted by atomic mass is 9.88. The predicted octanol–water partition coefficient (Wildman–Crippen LogP) is 6.17. The van der Waals surface area contributed by atoms with Gasteiger partial charge in [-0.3, -0.25) is 4.79 Å². The topological polar surface area (TPSA) is 108 Å². The highest BCUT2D eigenvalue weighted by molar-refractivity contribution is 6.30. The molecule has 2 heterocycles. The number of hydrogen-bond donors (Lipinski definition) is 1. The van der Waals surface area contributed by atoms with Crippen LogP contribution in [0.4, 0.5) is 0 Å². The average Bonchev–Trinajstić information content (AvgIpc) is 3.49. The van der Waals surface area contributed by atoms with Crippen molar-refractivity contribution < 1.29 is 9.53 Å². The molecule has 0 saturated carbocycles. The van der Waals surface area contributed by atoms with Gasteiger partial charge in [0.2, 0.25) is 0 Å². The van der Waals surface area contributed by atoms with Crippen LogP contribution >= 0.6 is 23.2 Å². The molecular formula is C29H26Cl2N6O2. The monoisotopic (exact) mass is 560 g/mol. The van der Waals surface area contributed by atoms with Gasteiger partial charge < -0.3 is 9.64 Å². The Bertz CT molecular complexity index is 1440. The molecule has 1 aliphatic heterocycles. The number of rotatable bonds is 8. The fourth-order valence-electron chi connectivity index (χ4n) is 5.06. The summed E-state index contributed by atoms with van der Waals surface area (Å²) in [5.74, 6) is 0.269. The molecule has 1 aliphatic rings. The molecule has 0 aliphatic carbocycles. The van der Waals surface area contributed by atoms with Crippen LogP contribution in [-0.4, -0.2) is 37.5 Å². The molecule has 3 aromatic carbocycles. The fourth-order valence-corrected chi connectivity index (χ4v) is 5.31. The first-order valence-electron chi connectivity index (χ1n) is 12.7. The molecule has 4 atom stereocenters. The quantitative estimate of drug-likeness (QED) is 0.276. The number of H-pyrrole nitrogens is 1. The number of carbonyl (C=O) groups excluding carboxylic acids is 1. The Kier molecular flexibility index (Phi) is 8.22. The Labute approximate surface area is 236 Å². The fraction of sp³-hybridized carbons (Fsp3) is 0.276. The van der Waals surface area contributed by atoms with Gasteiger partial charge in [-0.05, 0) is 59.5 Å². The Morgan fingerprint density at radius 3 is 2.21 bits per heavy atom. The van der Waals surface area contributed by atoms with Crippen molar-refractivity contribution in [2.75, 3.05) is 0 Å². The number of amides is 1. The number of carbonyl (C=O) groups is 1. The zero-order valence-electron chi connectivity index (χ0n) is 21.2. The van der Waals surface area contributed by atoms with Crippen molar-refractivity contribution in [3.8, 4) is 6.07 Å². The van der Waals surface area contributed by atoms with Crippen LogP contribution in [0.1, 0.15) is 66.0 Å². The van der Waals surface area contributed by atoms with Crippen molar-refractivity contribution >= 4 is 29.1 Å². The summed E-state index contributed by atoms with van der Waals surface area (Å²) in [6, 6.07) is 23.3. The number of halogens is 2. The maximum atomic E-state index is 14.4. The van der Waals surface area contributed by atoms with E-state index in [0.29, 0.717) is 34.3 Å². The van der Waals surface area contributed by atoms with Crippen LogP contribution in [0.5, 0.6) is 0 Å². The number of nitriles is 1. The van der Waals surface area contributed by atoms with Gasteiger partial charge in [0, 0.05) is 16.5 Å². The van der Waals surface area contributed by atoms with E-state index in [1.807, 2.05) is 65.6 Å². The minimum Gasteiger partial charge on any atom is -0.358 e. The van der Waals surface area contributed by atoms with Crippen molar-refractivity contribution in [2.45, 2.75) is 50.5 Å². The van der Waals surface area contributed by atoms with Crippen LogP contribution in [0.25, 0.3) is 0 Å². The second-order valence-corrected chi connectivity index (χ2v) is 10.3. The Morgan fingerprint density at radius 2 is 1.64 bits per heavy atom. The second-order valence-electron chi connectivity index (χ2n) is 9.43. The molecule has 0 spiro atoms. The molecule has 10 heteroatoms. The van der Waals surface area contributed by atoms with Crippen LogP contribution in [0.3, 0.4) is 0 Å². The van der Waals surface area contributed by atoms with Crippen molar-refractivity contribution in [2.24, 2.45) is 0 Å². The van der Waals surface area contributed by atoms with E-state index in [9.17, 15) is 10.1 Å². The number of aromatic amines is 1. The Hall–Kier alpha value is -3.77. The highest BCUT2D eigenvalue weighted by Crippen LogP contribution is 2.47. The Morgan fingerprint density at radius 1 is 1.00 bits per heavy atom. The van der Waals surface area contributed by atoms with Gasteiger partial charge in [0.15, 0.2) is 5.82 Å². The maximum absolute atomic E-state index is 14.4. The summed E-state index contributed by atoms with van der Waals surface area (Å²) < 4.78 is 6.66. The molecule has 198 valence electrons. The lowest BCUT2D eigenvalue weighted by molar-refractivity contribution is -0.180. The third kappa shape index (κ3) is 5.81. The van der Waals surface area contributed by atoms with Crippen molar-refractivity contribution in [1.82, 2.24) is 25.5 Å². The van der Waals surface area contributed by atoms with E-state index in [0.717, 1.165) is 23.1 Å². The minimum absolute atomic E-state index is 0.173. The number of ether oxygens (including phenoxy) is 1. The van der Waals surface area contributed by atoms with Gasteiger partial charge in [-0.15, -0.1) is 10.2 Å². The van der Waals surface area contributed by atoms with E-state index >= 15 is 0 Å². The first kappa shape index (κ1) is 26.8. The average molecular weight is 561 g/mol. The number of nitrogens with zero attached hydrogens (tertiary/aromatic N) is 5. The Balaban J connectivity index is 1.64. The van der Waals surface area contributed by atoms with Crippen molar-refractivity contribution in [3.63, 3.8) is 0 Å². The van der Waals surface area contributed by atoms with Crippen LogP contribution in [-0.2, 0) is 16.0 Å². The second kappa shape index (κ2) is 12.0. The van der Waals surface area contributed by atoms with Crippen LogP contribution < -0.4 is 0 Å². The highest BCUT2D eigenvalue weighted by atomic mass is 35.5. The third-order valence-corrected chi connectivity index (χ3v) is 7.40. The largest absolute Gasteiger partial charge is 0.358 e. The third-order valence-electron chi connectivity index (χ3n) is 6.90. The summed E-state index contributed by atoms with van der Waals surface area (Å²) in [5.41, 5.74) is 3.19. The number of aromatic nitrogens is 4. The molecule has 1 N–H and O–H groups in total. The summed E-state index contributed by atoms with van der Waals surface area (Å²) in [6.45, 7) is 2.06. The minimum atomic E-state index is -0.784. The number of benzene rings is 3. The SMILES string of the molecule is CCC[C@H](c1nn[nH]n1)N1C(=O)[C@H](Cc2ccc(C#N)cc2)O[C@@H](c2ccc(Cl)cc2)[C@H]1c1ccc(Cl)cc1. The predicted molar refractivity (Wildman–Crippen MR) is 147 cm³/mol. The van der Waals surface area contributed by atoms with E-state index in [1.165, 1.54) is 0 Å². The number of tetrazole rings is 1. The first-order valence-corrected chi connectivity index (χ1v) is 13.4. The smallest absolute Gasteiger partial charge is 0.253 e. The summed E-state index contributed by atoms with van der Waals surface area (Å²) in [7, 11) is 0. The standard InChI is InChI=1S/C29H26Cl2N6O2/c1-2-3-24(28-33-35-36-34-28)37-26(20-8-12-22(30)13-9-20)27(21-10-14-23(31)15-11-21)39-25(29(37)38)16-18-4-6-19(17-32)7-5-18/h4-15,24-27H,2-3,16H2,1H3,(H,33,34,35,36)/t24-,25+,26-,27+/m1/s1. The van der Waals surface area contributed by atoms with Gasteiger partial charge in [0.1, 0.15) is 12.2 Å². The van der Waals surface area contributed by atoms with Gasteiger partial charge in [-0.1, -0.05) is 78.2 Å². The zero-order valence-corrected chi connectivity index (χ0v) is 22.7. The van der Waals surface area contributed by atoms with Crippen LogP contribution in [0.15, 0.2) is 72.8 Å². The van der Waals surface area contributed by atoms with Gasteiger partial charge >= 0.3 is 0 Å². The van der Waals surface area contributed by atoms with E-state index in [1.54, 1.807) is 12.1 Å². The zero-order chi connectivity index (χ0) is 27.4. The summed E-state index contributed by atoms with van der Waals surface area (Å²) >= 11 is 12.5. The van der Waals surface area contributed by atoms with E-state index in [4.69, 9.17) is 27.9 Å². The van der Waals surface area contributed by atoms with Crippen molar-refractivity contribution in [3.05, 3.63) is 111 Å². The van der Waals surface area contributed by atoms with Gasteiger partial charge in [-0.2, -0.15) is 10.5 Å². The van der Waals surface area contributed by atoms with Crippen LogP contribution in [0.2, 0.25) is 10.0 Å². The maximum Gasteiger partial charge on any atom is 0.253 e. The van der Waals surface area contributed by atoms with Crippen molar-refractivity contribution in [1.29, 1.82) is 5.26 Å². The van der Waals surface area contributed by atoms with E-state index < -0.39 is 24.3 Å². The molecule has 0 unspecified atom stereocenters. The molecule has 39 heavy (non-hydrogen) atoms. The molecule has 1 saturated heterocycles. The normalized spacial score (nSPS) is 20.0. The van der Waals surface area contributed by atoms with Crippen LogP contribution in [0, 0.1) is 11.3 Å². The molecule has 5 rings (SSSR count). The first-order chi connectivity index (χ1) is 19.0. The molecule has 1 fully saturated rings. The number of hydrogen-bond acceptors (Lipinski definition) is 6. The highest BCUT2D eigenvalue weighted by Gasteiger charge is 2.47. The molecular weight excluding hydrogens is 535 g/mol. The van der Waals surface area contributed by atoms with Gasteiger partial charge in [0.25, 0.3) is 5.91 Å². The summed E-state index contributed by atoms with van der Waals surface area (Å²) in [5, 5.41) is 25.3. The van der Waals surface area contributed by atoms with E-state index in [-0.39, 0.29) is 5.91 Å². The lowest BCUT2D eigenvalue weighted by Gasteiger charge is -2.47.